The van der Waals surface area contributed by atoms with E-state index >= 15 is 0 Å². The summed E-state index contributed by atoms with van der Waals surface area (Å²) >= 11 is 0. The van der Waals surface area contributed by atoms with Crippen molar-refractivity contribution in [1.82, 2.24) is 9.38 Å². The fourth-order valence-corrected chi connectivity index (χ4v) is 1.85. The van der Waals surface area contributed by atoms with Gasteiger partial charge in [-0.15, -0.1) is 0 Å². The molecule has 0 aromatic carbocycles. The SMILES string of the molecule is CC(C)(Cc1nc(C(=O)O)c2ccccn12)C(=O)O. The van der Waals surface area contributed by atoms with Gasteiger partial charge in [-0.05, 0) is 26.0 Å². The van der Waals surface area contributed by atoms with E-state index in [1.165, 1.54) is 0 Å². The molecule has 0 amide bonds. The van der Waals surface area contributed by atoms with Crippen LogP contribution >= 0.6 is 0 Å². The molecule has 100 valence electrons. The quantitative estimate of drug-likeness (QED) is 0.874. The van der Waals surface area contributed by atoms with Gasteiger partial charge in [-0.2, -0.15) is 0 Å². The first-order valence-corrected chi connectivity index (χ1v) is 5.75. The van der Waals surface area contributed by atoms with Crippen molar-refractivity contribution in [3.8, 4) is 0 Å². The van der Waals surface area contributed by atoms with Crippen LogP contribution < -0.4 is 0 Å². The minimum absolute atomic E-state index is 0.0585. The van der Waals surface area contributed by atoms with Gasteiger partial charge in [-0.1, -0.05) is 6.07 Å². The summed E-state index contributed by atoms with van der Waals surface area (Å²) in [6, 6.07) is 5.11. The number of hydrogen-bond acceptors (Lipinski definition) is 3. The van der Waals surface area contributed by atoms with Crippen molar-refractivity contribution < 1.29 is 19.8 Å². The van der Waals surface area contributed by atoms with E-state index in [4.69, 9.17) is 10.2 Å². The van der Waals surface area contributed by atoms with Crippen LogP contribution in [0.15, 0.2) is 24.4 Å². The molecule has 2 aromatic heterocycles. The Morgan fingerprint density at radius 1 is 1.32 bits per heavy atom. The number of pyridine rings is 1. The van der Waals surface area contributed by atoms with Crippen LogP contribution in [0.5, 0.6) is 0 Å². The number of aliphatic carboxylic acids is 1. The van der Waals surface area contributed by atoms with Crippen molar-refractivity contribution in [1.29, 1.82) is 0 Å². The highest BCUT2D eigenvalue weighted by Gasteiger charge is 2.30. The van der Waals surface area contributed by atoms with Crippen LogP contribution in [0.3, 0.4) is 0 Å². The molecule has 6 nitrogen and oxygen atoms in total. The fraction of sp³-hybridized carbons (Fsp3) is 0.308. The molecule has 2 N–H and O–H groups in total. The van der Waals surface area contributed by atoms with Crippen molar-refractivity contribution >= 4 is 17.5 Å². The number of carboxylic acid groups (broad SMARTS) is 2. The number of rotatable bonds is 4. The molecule has 0 aliphatic rings. The topological polar surface area (TPSA) is 91.9 Å². The lowest BCUT2D eigenvalue weighted by Gasteiger charge is -2.17. The van der Waals surface area contributed by atoms with Gasteiger partial charge in [0.2, 0.25) is 0 Å². The largest absolute Gasteiger partial charge is 0.481 e. The van der Waals surface area contributed by atoms with Gasteiger partial charge in [-0.25, -0.2) is 9.78 Å². The Labute approximate surface area is 109 Å². The van der Waals surface area contributed by atoms with Crippen LogP contribution in [0.4, 0.5) is 0 Å². The number of aromatic nitrogens is 2. The van der Waals surface area contributed by atoms with Gasteiger partial charge in [0.25, 0.3) is 0 Å². The minimum atomic E-state index is -1.12. The fourth-order valence-electron chi connectivity index (χ4n) is 1.85. The third-order valence-electron chi connectivity index (χ3n) is 3.00. The van der Waals surface area contributed by atoms with E-state index in [0.717, 1.165) is 0 Å². The Hall–Kier alpha value is -2.37. The predicted molar refractivity (Wildman–Crippen MR) is 67.3 cm³/mol. The molecule has 0 radical (unpaired) electrons. The second-order valence-corrected chi connectivity index (χ2v) is 5.00. The highest BCUT2D eigenvalue weighted by atomic mass is 16.4. The number of nitrogens with zero attached hydrogens (tertiary/aromatic N) is 2. The molecular formula is C13H14N2O4. The number of aromatic carboxylic acids is 1. The van der Waals surface area contributed by atoms with Crippen molar-refractivity contribution in [3.63, 3.8) is 0 Å². The van der Waals surface area contributed by atoms with Crippen molar-refractivity contribution in [2.45, 2.75) is 20.3 Å². The van der Waals surface area contributed by atoms with Crippen LogP contribution in [-0.4, -0.2) is 31.5 Å². The zero-order valence-electron chi connectivity index (χ0n) is 10.6. The lowest BCUT2D eigenvalue weighted by molar-refractivity contribution is -0.146. The van der Waals surface area contributed by atoms with Crippen molar-refractivity contribution in [3.05, 3.63) is 35.9 Å². The van der Waals surface area contributed by atoms with Crippen molar-refractivity contribution in [2.24, 2.45) is 5.41 Å². The minimum Gasteiger partial charge on any atom is -0.481 e. The highest BCUT2D eigenvalue weighted by molar-refractivity contribution is 5.93. The normalized spacial score (nSPS) is 11.7. The average molecular weight is 262 g/mol. The van der Waals surface area contributed by atoms with E-state index in [2.05, 4.69) is 4.98 Å². The summed E-state index contributed by atoms with van der Waals surface area (Å²) in [7, 11) is 0. The number of carbonyl (C=O) groups is 2. The summed E-state index contributed by atoms with van der Waals surface area (Å²) in [5, 5.41) is 18.2. The molecule has 2 aromatic rings. The van der Waals surface area contributed by atoms with Gasteiger partial charge < -0.3 is 14.6 Å². The Kier molecular flexibility index (Phi) is 3.01. The van der Waals surface area contributed by atoms with E-state index in [1.54, 1.807) is 42.6 Å². The van der Waals surface area contributed by atoms with E-state index in [0.29, 0.717) is 11.3 Å². The van der Waals surface area contributed by atoms with Crippen LogP contribution in [0.2, 0.25) is 0 Å². The molecule has 0 spiro atoms. The molecule has 0 saturated heterocycles. The van der Waals surface area contributed by atoms with E-state index < -0.39 is 17.4 Å². The van der Waals surface area contributed by atoms with Crippen molar-refractivity contribution in [2.75, 3.05) is 0 Å². The zero-order valence-corrected chi connectivity index (χ0v) is 10.6. The summed E-state index contributed by atoms with van der Waals surface area (Å²) in [6.45, 7) is 3.17. The third kappa shape index (κ3) is 2.29. The van der Waals surface area contributed by atoms with E-state index in [1.807, 2.05) is 0 Å². The second-order valence-electron chi connectivity index (χ2n) is 5.00. The highest BCUT2D eigenvalue weighted by Crippen LogP contribution is 2.23. The first-order chi connectivity index (χ1) is 8.83. The Morgan fingerprint density at radius 2 is 2.00 bits per heavy atom. The second kappa shape index (κ2) is 4.38. The molecule has 0 aliphatic carbocycles. The summed E-state index contributed by atoms with van der Waals surface area (Å²) in [4.78, 5) is 26.3. The standard InChI is InChI=1S/C13H14N2O4/c1-13(2,12(18)19)7-9-14-10(11(16)17)8-5-3-4-6-15(8)9/h3-6H,7H2,1-2H3,(H,16,17)(H,18,19). The molecule has 2 rings (SSSR count). The molecule has 0 bridgehead atoms. The molecule has 6 heteroatoms. The summed E-state index contributed by atoms with van der Waals surface area (Å²) in [5.74, 6) is -1.64. The molecule has 0 unspecified atom stereocenters. The third-order valence-corrected chi connectivity index (χ3v) is 3.00. The lowest BCUT2D eigenvalue weighted by atomic mass is 9.89. The van der Waals surface area contributed by atoms with Crippen LogP contribution in [-0.2, 0) is 11.2 Å². The Morgan fingerprint density at radius 3 is 2.58 bits per heavy atom. The molecular weight excluding hydrogens is 248 g/mol. The first kappa shape index (κ1) is 13.1. The summed E-state index contributed by atoms with van der Waals surface area (Å²) in [6.07, 6.45) is 1.84. The number of fused-ring (bicyclic) bond motifs is 1. The maximum Gasteiger partial charge on any atom is 0.356 e. The summed E-state index contributed by atoms with van der Waals surface area (Å²) in [5.41, 5.74) is -0.602. The maximum absolute atomic E-state index is 11.1. The smallest absolute Gasteiger partial charge is 0.356 e. The van der Waals surface area contributed by atoms with Gasteiger partial charge in [0, 0.05) is 12.6 Å². The average Bonchev–Trinajstić information content (AvgIpc) is 2.68. The van der Waals surface area contributed by atoms with Crippen LogP contribution in [0.1, 0.15) is 30.2 Å². The van der Waals surface area contributed by atoms with Crippen LogP contribution in [0.25, 0.3) is 5.52 Å². The lowest BCUT2D eigenvalue weighted by Crippen LogP contribution is -2.27. The van der Waals surface area contributed by atoms with Gasteiger partial charge in [0.1, 0.15) is 5.82 Å². The van der Waals surface area contributed by atoms with Gasteiger partial charge >= 0.3 is 11.9 Å². The molecule has 2 heterocycles. The van der Waals surface area contributed by atoms with Gasteiger partial charge in [-0.3, -0.25) is 4.79 Å². The van der Waals surface area contributed by atoms with Crippen LogP contribution in [0, 0.1) is 5.41 Å². The molecule has 0 fully saturated rings. The zero-order chi connectivity index (χ0) is 14.2. The first-order valence-electron chi connectivity index (χ1n) is 5.75. The monoisotopic (exact) mass is 262 g/mol. The molecule has 0 aliphatic heterocycles. The van der Waals surface area contributed by atoms with E-state index in [-0.39, 0.29) is 12.1 Å². The summed E-state index contributed by atoms with van der Waals surface area (Å²) < 4.78 is 1.62. The Balaban J connectivity index is 2.56. The van der Waals surface area contributed by atoms with Gasteiger partial charge in [0.15, 0.2) is 5.69 Å². The van der Waals surface area contributed by atoms with E-state index in [9.17, 15) is 9.59 Å². The Bertz CT molecular complexity index is 658. The molecule has 19 heavy (non-hydrogen) atoms. The molecule has 0 atom stereocenters. The number of hydrogen-bond donors (Lipinski definition) is 2. The predicted octanol–water partition coefficient (Wildman–Crippen LogP) is 1.69. The number of imidazole rings is 1. The molecule has 0 saturated carbocycles. The van der Waals surface area contributed by atoms with Gasteiger partial charge in [0.05, 0.1) is 10.9 Å². The maximum atomic E-state index is 11.1. The number of carboxylic acids is 2.